The number of rotatable bonds is 4. The number of fused-ring (bicyclic) bond motifs is 3. The number of H-pyrrole nitrogens is 1. The molecule has 0 saturated carbocycles. The van der Waals surface area contributed by atoms with E-state index in [1.807, 2.05) is 24.3 Å². The molecule has 0 aliphatic heterocycles. The summed E-state index contributed by atoms with van der Waals surface area (Å²) in [5.74, 6) is -0.148. The van der Waals surface area contributed by atoms with Crippen molar-refractivity contribution in [2.45, 2.75) is 19.8 Å². The molecule has 2 aromatic heterocycles. The standard InChI is InChI=1S/C23H22FN3O2/c1-12(11-25)14-6-8-15(9-7-14)17-18-20(13(2)19(24)22(17)29-3)27-23(28)16-5-4-10-26-21(16)18/h4-10,12H,11,25H2,1-3H3,(H,27,28). The summed E-state index contributed by atoms with van der Waals surface area (Å²) in [6, 6.07) is 11.2. The predicted molar refractivity (Wildman–Crippen MR) is 114 cm³/mol. The maximum absolute atomic E-state index is 15.2. The summed E-state index contributed by atoms with van der Waals surface area (Å²) in [4.78, 5) is 19.8. The minimum absolute atomic E-state index is 0.133. The number of nitrogens with zero attached hydrogens (tertiary/aromatic N) is 1. The first kappa shape index (κ1) is 19.1. The van der Waals surface area contributed by atoms with Crippen LogP contribution >= 0.6 is 0 Å². The van der Waals surface area contributed by atoms with Crippen LogP contribution in [0, 0.1) is 12.7 Å². The number of benzene rings is 2. The predicted octanol–water partition coefficient (Wildman–Crippen LogP) is 4.26. The number of halogens is 1. The van der Waals surface area contributed by atoms with Gasteiger partial charge in [-0.25, -0.2) is 4.39 Å². The monoisotopic (exact) mass is 391 g/mol. The lowest BCUT2D eigenvalue weighted by atomic mass is 9.92. The lowest BCUT2D eigenvalue weighted by Crippen LogP contribution is -2.10. The van der Waals surface area contributed by atoms with Gasteiger partial charge in [-0.3, -0.25) is 9.78 Å². The van der Waals surface area contributed by atoms with Crippen LogP contribution < -0.4 is 16.0 Å². The molecule has 0 saturated heterocycles. The zero-order valence-corrected chi connectivity index (χ0v) is 16.5. The van der Waals surface area contributed by atoms with E-state index in [2.05, 4.69) is 16.9 Å². The van der Waals surface area contributed by atoms with E-state index in [-0.39, 0.29) is 17.2 Å². The van der Waals surface area contributed by atoms with E-state index in [9.17, 15) is 4.79 Å². The highest BCUT2D eigenvalue weighted by molar-refractivity contribution is 6.13. The summed E-state index contributed by atoms with van der Waals surface area (Å²) in [6.45, 7) is 4.22. The molecule has 0 spiro atoms. The van der Waals surface area contributed by atoms with E-state index < -0.39 is 5.82 Å². The number of methoxy groups -OCH3 is 1. The van der Waals surface area contributed by atoms with E-state index in [0.29, 0.717) is 39.5 Å². The third-order valence-electron chi connectivity index (χ3n) is 5.48. The van der Waals surface area contributed by atoms with Crippen LogP contribution in [0.5, 0.6) is 5.75 Å². The number of nitrogens with one attached hydrogen (secondary N) is 1. The topological polar surface area (TPSA) is 81.0 Å². The number of hydrogen-bond donors (Lipinski definition) is 2. The van der Waals surface area contributed by atoms with Crippen molar-refractivity contribution in [3.63, 3.8) is 0 Å². The average molecular weight is 391 g/mol. The second-order valence-electron chi connectivity index (χ2n) is 7.21. The van der Waals surface area contributed by atoms with Gasteiger partial charge in [0, 0.05) is 22.7 Å². The SMILES string of the molecule is COc1c(F)c(C)c2[nH]c(=O)c3cccnc3c2c1-c1ccc(C(C)CN)cc1. The highest BCUT2D eigenvalue weighted by atomic mass is 19.1. The largest absolute Gasteiger partial charge is 0.493 e. The van der Waals surface area contributed by atoms with Gasteiger partial charge in [-0.1, -0.05) is 31.2 Å². The first-order valence-electron chi connectivity index (χ1n) is 9.45. The van der Waals surface area contributed by atoms with Gasteiger partial charge in [0.2, 0.25) is 0 Å². The van der Waals surface area contributed by atoms with Crippen LogP contribution in [0.4, 0.5) is 4.39 Å². The van der Waals surface area contributed by atoms with Gasteiger partial charge in [-0.2, -0.15) is 0 Å². The van der Waals surface area contributed by atoms with E-state index in [4.69, 9.17) is 10.5 Å². The minimum Gasteiger partial charge on any atom is -0.493 e. The molecule has 6 heteroatoms. The van der Waals surface area contributed by atoms with Gasteiger partial charge in [0.1, 0.15) is 0 Å². The zero-order valence-electron chi connectivity index (χ0n) is 16.5. The van der Waals surface area contributed by atoms with Crippen molar-refractivity contribution in [2.75, 3.05) is 13.7 Å². The number of ether oxygens (including phenoxy) is 1. The molecule has 4 aromatic rings. The second kappa shape index (κ2) is 7.29. The molecule has 4 rings (SSSR count). The van der Waals surface area contributed by atoms with Gasteiger partial charge >= 0.3 is 0 Å². The van der Waals surface area contributed by atoms with Gasteiger partial charge < -0.3 is 15.5 Å². The van der Waals surface area contributed by atoms with Crippen LogP contribution in [0.2, 0.25) is 0 Å². The van der Waals surface area contributed by atoms with Crippen molar-refractivity contribution in [2.24, 2.45) is 5.73 Å². The lowest BCUT2D eigenvalue weighted by molar-refractivity contribution is 0.388. The number of aryl methyl sites for hydroxylation is 1. The molecule has 1 atom stereocenters. The first-order valence-corrected chi connectivity index (χ1v) is 9.45. The number of pyridine rings is 2. The molecule has 5 nitrogen and oxygen atoms in total. The fourth-order valence-corrected chi connectivity index (χ4v) is 3.76. The van der Waals surface area contributed by atoms with Gasteiger partial charge in [-0.05, 0) is 42.6 Å². The zero-order chi connectivity index (χ0) is 20.7. The lowest BCUT2D eigenvalue weighted by Gasteiger charge is -2.18. The Morgan fingerprint density at radius 2 is 1.97 bits per heavy atom. The molecule has 0 amide bonds. The molecular formula is C23H22FN3O2. The summed E-state index contributed by atoms with van der Waals surface area (Å²) >= 11 is 0. The van der Waals surface area contributed by atoms with Crippen LogP contribution in [-0.2, 0) is 0 Å². The van der Waals surface area contributed by atoms with Crippen LogP contribution in [0.3, 0.4) is 0 Å². The highest BCUT2D eigenvalue weighted by Gasteiger charge is 2.23. The van der Waals surface area contributed by atoms with E-state index in [0.717, 1.165) is 11.1 Å². The van der Waals surface area contributed by atoms with Crippen molar-refractivity contribution in [3.8, 4) is 16.9 Å². The average Bonchev–Trinajstić information content (AvgIpc) is 2.76. The van der Waals surface area contributed by atoms with E-state index in [1.54, 1.807) is 25.3 Å². The molecule has 2 aromatic carbocycles. The van der Waals surface area contributed by atoms with Crippen LogP contribution in [0.1, 0.15) is 24.0 Å². The molecule has 0 aliphatic carbocycles. The summed E-state index contributed by atoms with van der Waals surface area (Å²) in [7, 11) is 1.44. The number of aromatic amines is 1. The quantitative estimate of drug-likeness (QED) is 0.509. The summed E-state index contributed by atoms with van der Waals surface area (Å²) in [5.41, 5.74) is 9.18. The number of hydrogen-bond acceptors (Lipinski definition) is 4. The summed E-state index contributed by atoms with van der Waals surface area (Å²) in [6.07, 6.45) is 1.63. The first-order chi connectivity index (χ1) is 14.0. The molecule has 0 aliphatic rings. The Bertz CT molecular complexity index is 1280. The smallest absolute Gasteiger partial charge is 0.257 e. The van der Waals surface area contributed by atoms with Crippen molar-refractivity contribution >= 4 is 21.8 Å². The highest BCUT2D eigenvalue weighted by Crippen LogP contribution is 2.42. The van der Waals surface area contributed by atoms with Gasteiger partial charge in [0.15, 0.2) is 11.6 Å². The molecule has 0 radical (unpaired) electrons. The van der Waals surface area contributed by atoms with Crippen LogP contribution in [0.15, 0.2) is 47.4 Å². The second-order valence-corrected chi connectivity index (χ2v) is 7.21. The Morgan fingerprint density at radius 3 is 2.62 bits per heavy atom. The maximum atomic E-state index is 15.2. The Kier molecular flexibility index (Phi) is 4.80. The van der Waals surface area contributed by atoms with Gasteiger partial charge in [0.05, 0.1) is 23.5 Å². The van der Waals surface area contributed by atoms with Crippen LogP contribution in [0.25, 0.3) is 32.9 Å². The van der Waals surface area contributed by atoms with E-state index in [1.165, 1.54) is 7.11 Å². The molecular weight excluding hydrogens is 369 g/mol. The Balaban J connectivity index is 2.16. The molecule has 2 heterocycles. The third kappa shape index (κ3) is 2.96. The molecule has 29 heavy (non-hydrogen) atoms. The van der Waals surface area contributed by atoms with Crippen molar-refractivity contribution in [1.29, 1.82) is 0 Å². The normalized spacial score (nSPS) is 12.4. The summed E-state index contributed by atoms with van der Waals surface area (Å²) < 4.78 is 20.7. The molecule has 0 fully saturated rings. The third-order valence-corrected chi connectivity index (χ3v) is 5.48. The van der Waals surface area contributed by atoms with Crippen molar-refractivity contribution in [1.82, 2.24) is 9.97 Å². The van der Waals surface area contributed by atoms with Gasteiger partial charge in [-0.15, -0.1) is 0 Å². The number of aromatic nitrogens is 2. The maximum Gasteiger partial charge on any atom is 0.257 e. The Morgan fingerprint density at radius 1 is 1.24 bits per heavy atom. The Hall–Kier alpha value is -3.25. The fourth-order valence-electron chi connectivity index (χ4n) is 3.76. The fraction of sp³-hybridized carbons (Fsp3) is 0.217. The Labute approximate surface area is 167 Å². The molecule has 0 bridgehead atoms. The molecule has 148 valence electrons. The molecule has 3 N–H and O–H groups in total. The van der Waals surface area contributed by atoms with E-state index >= 15 is 4.39 Å². The number of nitrogens with two attached hydrogens (primary N) is 1. The van der Waals surface area contributed by atoms with Crippen molar-refractivity contribution < 1.29 is 9.13 Å². The van der Waals surface area contributed by atoms with Crippen molar-refractivity contribution in [3.05, 3.63) is 69.9 Å². The summed E-state index contributed by atoms with van der Waals surface area (Å²) in [5, 5.41) is 1.11. The molecule has 1 unspecified atom stereocenters. The minimum atomic E-state index is -0.500. The van der Waals surface area contributed by atoms with Gasteiger partial charge in [0.25, 0.3) is 5.56 Å². The van der Waals surface area contributed by atoms with Crippen LogP contribution in [-0.4, -0.2) is 23.6 Å².